The monoisotopic (exact) mass is 298 g/mol. The van der Waals surface area contributed by atoms with Crippen LogP contribution in [0.4, 0.5) is 0 Å². The summed E-state index contributed by atoms with van der Waals surface area (Å²) in [6.07, 6.45) is -0.259. The van der Waals surface area contributed by atoms with E-state index in [1.165, 1.54) is 9.75 Å². The van der Waals surface area contributed by atoms with Gasteiger partial charge in [0.25, 0.3) is 0 Å². The van der Waals surface area contributed by atoms with Gasteiger partial charge in [0.2, 0.25) is 0 Å². The molecule has 0 aromatic carbocycles. The number of hydrogen-bond donors (Lipinski definition) is 3. The van der Waals surface area contributed by atoms with Gasteiger partial charge >= 0.3 is 0 Å². The molecule has 1 unspecified atom stereocenters. The zero-order valence-corrected chi connectivity index (χ0v) is 12.5. The van der Waals surface area contributed by atoms with Crippen LogP contribution in [0.5, 0.6) is 0 Å². The predicted octanol–water partition coefficient (Wildman–Crippen LogP) is -4.88. The fourth-order valence-electron chi connectivity index (χ4n) is 1.28. The van der Waals surface area contributed by atoms with Gasteiger partial charge in [-0.25, -0.2) is 0 Å². The van der Waals surface area contributed by atoms with Gasteiger partial charge in [0.1, 0.15) is 0 Å². The summed E-state index contributed by atoms with van der Waals surface area (Å²) < 4.78 is 0. The van der Waals surface area contributed by atoms with Crippen LogP contribution in [0.25, 0.3) is 0 Å². The lowest BCUT2D eigenvalue weighted by molar-refractivity contribution is -0.001000. The molecule has 0 aliphatic rings. The van der Waals surface area contributed by atoms with E-state index >= 15 is 0 Å². The van der Waals surface area contributed by atoms with Crippen LogP contribution in [0, 0.1) is 6.92 Å². The number of aryl methyl sites for hydroxylation is 1. The fraction of sp³-hybridized carbons (Fsp3) is 0.636. The largest absolute Gasteiger partial charge is 1.00 e. The lowest BCUT2D eigenvalue weighted by atomic mass is 10.4. The molecule has 0 bridgehead atoms. The van der Waals surface area contributed by atoms with Crippen molar-refractivity contribution in [2.24, 2.45) is 0 Å². The van der Waals surface area contributed by atoms with E-state index in [1.807, 2.05) is 11.3 Å². The fourth-order valence-corrected chi connectivity index (χ4v) is 2.14. The van der Waals surface area contributed by atoms with E-state index in [0.29, 0.717) is 6.54 Å². The third-order valence-electron chi connectivity index (χ3n) is 2.01. The average molecular weight is 299 g/mol. The number of halogens is 2. The predicted molar refractivity (Wildman–Crippen MR) is 65.3 cm³/mol. The zero-order chi connectivity index (χ0) is 11.1. The lowest BCUT2D eigenvalue weighted by Gasteiger charge is -2.07. The molecular weight excluding hydrogens is 279 g/mol. The number of hydrogen-bond acceptors (Lipinski definition) is 4. The highest BCUT2D eigenvalue weighted by Crippen LogP contribution is 2.13. The molecule has 1 heterocycles. The number of thiophene rings is 1. The highest BCUT2D eigenvalue weighted by Gasteiger charge is 1.96. The number of aliphatic hydroxyl groups excluding tert-OH is 1. The molecule has 1 atom stereocenters. The van der Waals surface area contributed by atoms with E-state index in [9.17, 15) is 0 Å². The maximum absolute atomic E-state index is 9.01. The van der Waals surface area contributed by atoms with Crippen LogP contribution >= 0.6 is 11.3 Å². The summed E-state index contributed by atoms with van der Waals surface area (Å²) in [5.74, 6) is 0. The number of nitrogens with one attached hydrogen (secondary N) is 2. The molecule has 0 saturated carbocycles. The Kier molecular flexibility index (Phi) is 12.9. The summed E-state index contributed by atoms with van der Waals surface area (Å²) in [6.45, 7) is 7.35. The quantitative estimate of drug-likeness (QED) is 0.443. The Morgan fingerprint density at radius 2 is 1.88 bits per heavy atom. The normalized spacial score (nSPS) is 11.5. The minimum atomic E-state index is -0.259. The van der Waals surface area contributed by atoms with Crippen LogP contribution in [0.15, 0.2) is 12.1 Å². The van der Waals surface area contributed by atoms with Crippen molar-refractivity contribution in [2.45, 2.75) is 26.5 Å². The van der Waals surface area contributed by atoms with Gasteiger partial charge in [-0.05, 0) is 26.0 Å². The SMILES string of the molecule is Cc1ccc(CNCCNCC(C)O)s1.[Cl-].[Cl-]. The summed E-state index contributed by atoms with van der Waals surface area (Å²) in [4.78, 5) is 2.74. The van der Waals surface area contributed by atoms with Gasteiger partial charge in [-0.1, -0.05) is 0 Å². The van der Waals surface area contributed by atoms with Gasteiger partial charge in [0.05, 0.1) is 6.10 Å². The first-order valence-electron chi connectivity index (χ1n) is 5.33. The van der Waals surface area contributed by atoms with Gasteiger partial charge in [-0.3, -0.25) is 0 Å². The van der Waals surface area contributed by atoms with Crippen LogP contribution in [-0.4, -0.2) is 30.8 Å². The molecule has 102 valence electrons. The Balaban J connectivity index is 0. The first kappa shape index (κ1) is 19.5. The average Bonchev–Trinajstić information content (AvgIpc) is 2.57. The van der Waals surface area contributed by atoms with E-state index in [1.54, 1.807) is 6.92 Å². The maximum Gasteiger partial charge on any atom is 0.0636 e. The van der Waals surface area contributed by atoms with Crippen molar-refractivity contribution in [1.82, 2.24) is 10.6 Å². The molecular formula is C11H20Cl2N2OS-2. The van der Waals surface area contributed by atoms with E-state index < -0.39 is 0 Å². The second-order valence-electron chi connectivity index (χ2n) is 3.74. The minimum Gasteiger partial charge on any atom is -1.00 e. The topological polar surface area (TPSA) is 44.3 Å². The first-order chi connectivity index (χ1) is 7.18. The third kappa shape index (κ3) is 9.83. The number of rotatable bonds is 7. The molecule has 0 aliphatic heterocycles. The molecule has 0 fully saturated rings. The van der Waals surface area contributed by atoms with Gasteiger partial charge in [0.15, 0.2) is 0 Å². The van der Waals surface area contributed by atoms with Crippen molar-refractivity contribution in [3.63, 3.8) is 0 Å². The summed E-state index contributed by atoms with van der Waals surface area (Å²) in [5, 5.41) is 15.5. The molecule has 0 amide bonds. The lowest BCUT2D eigenvalue weighted by Crippen LogP contribution is -3.00. The van der Waals surface area contributed by atoms with Crippen molar-refractivity contribution in [2.75, 3.05) is 19.6 Å². The Hall–Kier alpha value is 0.160. The Labute approximate surface area is 120 Å². The summed E-state index contributed by atoms with van der Waals surface area (Å²) >= 11 is 1.83. The third-order valence-corrected chi connectivity index (χ3v) is 3.01. The molecule has 3 nitrogen and oxygen atoms in total. The van der Waals surface area contributed by atoms with Crippen LogP contribution in [0.2, 0.25) is 0 Å². The van der Waals surface area contributed by atoms with Crippen molar-refractivity contribution in [3.05, 3.63) is 21.9 Å². The van der Waals surface area contributed by atoms with Gasteiger partial charge in [-0.2, -0.15) is 0 Å². The molecule has 3 N–H and O–H groups in total. The molecule has 0 saturated heterocycles. The maximum atomic E-state index is 9.01. The Morgan fingerprint density at radius 3 is 2.41 bits per heavy atom. The van der Waals surface area contributed by atoms with Crippen LogP contribution in [-0.2, 0) is 6.54 Å². The molecule has 17 heavy (non-hydrogen) atoms. The highest BCUT2D eigenvalue weighted by molar-refractivity contribution is 7.11. The van der Waals surface area contributed by atoms with E-state index in [2.05, 4.69) is 29.7 Å². The van der Waals surface area contributed by atoms with Crippen molar-refractivity contribution < 1.29 is 29.9 Å². The van der Waals surface area contributed by atoms with E-state index in [4.69, 9.17) is 5.11 Å². The number of aliphatic hydroxyl groups is 1. The Morgan fingerprint density at radius 1 is 1.24 bits per heavy atom. The highest BCUT2D eigenvalue weighted by atomic mass is 35.5. The van der Waals surface area contributed by atoms with Crippen molar-refractivity contribution in [1.29, 1.82) is 0 Å². The van der Waals surface area contributed by atoms with Gasteiger partial charge in [-0.15, -0.1) is 11.3 Å². The van der Waals surface area contributed by atoms with Crippen LogP contribution < -0.4 is 35.4 Å². The second-order valence-corrected chi connectivity index (χ2v) is 5.11. The molecule has 1 aromatic heterocycles. The second kappa shape index (κ2) is 11.3. The van der Waals surface area contributed by atoms with Gasteiger partial charge < -0.3 is 40.6 Å². The van der Waals surface area contributed by atoms with Crippen LogP contribution in [0.3, 0.4) is 0 Å². The first-order valence-corrected chi connectivity index (χ1v) is 6.15. The molecule has 1 rings (SSSR count). The summed E-state index contributed by atoms with van der Waals surface area (Å²) in [6, 6.07) is 4.31. The molecule has 0 radical (unpaired) electrons. The summed E-state index contributed by atoms with van der Waals surface area (Å²) in [5.41, 5.74) is 0. The van der Waals surface area contributed by atoms with E-state index in [0.717, 1.165) is 19.6 Å². The molecule has 0 spiro atoms. The summed E-state index contributed by atoms with van der Waals surface area (Å²) in [7, 11) is 0. The van der Waals surface area contributed by atoms with Crippen LogP contribution in [0.1, 0.15) is 16.7 Å². The van der Waals surface area contributed by atoms with Crippen molar-refractivity contribution >= 4 is 11.3 Å². The smallest absolute Gasteiger partial charge is 0.0636 e. The zero-order valence-electron chi connectivity index (χ0n) is 10.2. The standard InChI is InChI=1S/C11H20N2OS.2ClH/c1-9(14)7-12-5-6-13-8-11-4-3-10(2)15-11;;/h3-4,9,12-14H,5-8H2,1-2H3;2*1H/p-2. The van der Waals surface area contributed by atoms with Gasteiger partial charge in [0, 0.05) is 35.9 Å². The minimum absolute atomic E-state index is 0. The van der Waals surface area contributed by atoms with Crippen molar-refractivity contribution in [3.8, 4) is 0 Å². The molecule has 0 aliphatic carbocycles. The van der Waals surface area contributed by atoms with E-state index in [-0.39, 0.29) is 30.9 Å². The Bertz CT molecular complexity index is 282. The molecule has 6 heteroatoms. The molecule has 1 aromatic rings.